The molecular weight excluding hydrogens is 328 g/mol. The number of likely N-dealkylation sites (N-methyl/N-ethyl adjacent to an activating group) is 1. The lowest BCUT2D eigenvalue weighted by Gasteiger charge is -2.49. The number of nitrogens with zero attached hydrogens (tertiary/aromatic N) is 3. The second-order valence-corrected chi connectivity index (χ2v) is 7.60. The van der Waals surface area contributed by atoms with Gasteiger partial charge in [0.25, 0.3) is 0 Å². The standard InChI is InChI=1S/C20H30N4O2/c1-22-13-11-20(10-8-18(22)25)16-24(15-14-23(20)2)19(26)21-12-9-17-6-4-3-5-7-17/h3-7H,8-16H2,1-2H3,(H,21,26)/t20-/m0/s1. The topological polar surface area (TPSA) is 55.9 Å². The zero-order chi connectivity index (χ0) is 18.6. The van der Waals surface area contributed by atoms with Crippen LogP contribution in [0.3, 0.4) is 0 Å². The molecule has 0 unspecified atom stereocenters. The minimum absolute atomic E-state index is 0.0114. The number of rotatable bonds is 3. The fourth-order valence-corrected chi connectivity index (χ4v) is 4.00. The molecule has 1 N–H and O–H groups in total. The van der Waals surface area contributed by atoms with Crippen LogP contribution in [0.4, 0.5) is 4.79 Å². The van der Waals surface area contributed by atoms with Crippen molar-refractivity contribution in [3.05, 3.63) is 35.9 Å². The van der Waals surface area contributed by atoms with E-state index in [2.05, 4.69) is 29.4 Å². The summed E-state index contributed by atoms with van der Waals surface area (Å²) in [7, 11) is 4.00. The van der Waals surface area contributed by atoms with Crippen molar-refractivity contribution in [1.29, 1.82) is 0 Å². The molecule has 0 aliphatic carbocycles. The fraction of sp³-hybridized carbons (Fsp3) is 0.600. The average molecular weight is 358 g/mol. The van der Waals surface area contributed by atoms with E-state index in [4.69, 9.17) is 0 Å². The molecule has 3 amide bonds. The molecule has 0 bridgehead atoms. The van der Waals surface area contributed by atoms with Crippen molar-refractivity contribution >= 4 is 11.9 Å². The maximum Gasteiger partial charge on any atom is 0.317 e. The lowest BCUT2D eigenvalue weighted by molar-refractivity contribution is -0.129. The molecule has 26 heavy (non-hydrogen) atoms. The van der Waals surface area contributed by atoms with Crippen LogP contribution in [0.2, 0.25) is 0 Å². The first-order chi connectivity index (χ1) is 12.5. The summed E-state index contributed by atoms with van der Waals surface area (Å²) in [5.41, 5.74) is 1.14. The van der Waals surface area contributed by atoms with Crippen molar-refractivity contribution in [3.8, 4) is 0 Å². The minimum Gasteiger partial charge on any atom is -0.346 e. The molecule has 6 heteroatoms. The van der Waals surface area contributed by atoms with Crippen molar-refractivity contribution in [3.63, 3.8) is 0 Å². The van der Waals surface area contributed by atoms with Gasteiger partial charge in [-0.05, 0) is 31.9 Å². The second kappa shape index (κ2) is 8.08. The summed E-state index contributed by atoms with van der Waals surface area (Å²) in [5.74, 6) is 0.208. The van der Waals surface area contributed by atoms with Gasteiger partial charge in [-0.3, -0.25) is 9.69 Å². The molecule has 1 aromatic carbocycles. The van der Waals surface area contributed by atoms with E-state index in [-0.39, 0.29) is 17.5 Å². The van der Waals surface area contributed by atoms with E-state index in [1.807, 2.05) is 35.0 Å². The van der Waals surface area contributed by atoms with Gasteiger partial charge in [-0.1, -0.05) is 30.3 Å². The molecule has 2 heterocycles. The van der Waals surface area contributed by atoms with Gasteiger partial charge in [-0.15, -0.1) is 0 Å². The number of carbonyl (C=O) groups excluding carboxylic acids is 2. The van der Waals surface area contributed by atoms with Crippen LogP contribution in [0, 0.1) is 0 Å². The summed E-state index contributed by atoms with van der Waals surface area (Å²) in [6.07, 6.45) is 3.13. The Balaban J connectivity index is 1.56. The largest absolute Gasteiger partial charge is 0.346 e. The van der Waals surface area contributed by atoms with Crippen molar-refractivity contribution in [1.82, 2.24) is 20.0 Å². The molecule has 3 rings (SSSR count). The highest BCUT2D eigenvalue weighted by atomic mass is 16.2. The van der Waals surface area contributed by atoms with E-state index in [1.165, 1.54) is 5.56 Å². The third-order valence-corrected chi connectivity index (χ3v) is 5.96. The quantitative estimate of drug-likeness (QED) is 0.892. The van der Waals surface area contributed by atoms with E-state index in [9.17, 15) is 9.59 Å². The fourth-order valence-electron chi connectivity index (χ4n) is 4.00. The van der Waals surface area contributed by atoms with Crippen LogP contribution in [-0.2, 0) is 11.2 Å². The monoisotopic (exact) mass is 358 g/mol. The maximum atomic E-state index is 12.7. The van der Waals surface area contributed by atoms with E-state index in [1.54, 1.807) is 0 Å². The van der Waals surface area contributed by atoms with Gasteiger partial charge >= 0.3 is 6.03 Å². The number of hydrogen-bond acceptors (Lipinski definition) is 3. The van der Waals surface area contributed by atoms with Crippen LogP contribution in [0.5, 0.6) is 0 Å². The highest BCUT2D eigenvalue weighted by Crippen LogP contribution is 2.31. The number of benzene rings is 1. The van der Waals surface area contributed by atoms with Crippen molar-refractivity contribution < 1.29 is 9.59 Å². The molecule has 2 aliphatic heterocycles. The summed E-state index contributed by atoms with van der Waals surface area (Å²) < 4.78 is 0. The van der Waals surface area contributed by atoms with Crippen LogP contribution >= 0.6 is 0 Å². The van der Waals surface area contributed by atoms with Crippen molar-refractivity contribution in [2.45, 2.75) is 31.2 Å². The number of carbonyl (C=O) groups is 2. The molecule has 1 aromatic rings. The summed E-state index contributed by atoms with van der Waals surface area (Å²) in [5, 5.41) is 3.06. The smallest absolute Gasteiger partial charge is 0.317 e. The van der Waals surface area contributed by atoms with Crippen LogP contribution in [0.25, 0.3) is 0 Å². The number of piperazine rings is 1. The molecule has 2 aliphatic rings. The third-order valence-electron chi connectivity index (χ3n) is 5.96. The van der Waals surface area contributed by atoms with Crippen LogP contribution in [-0.4, -0.2) is 79.0 Å². The van der Waals surface area contributed by atoms with Gasteiger partial charge in [0.2, 0.25) is 5.91 Å². The predicted molar refractivity (Wildman–Crippen MR) is 102 cm³/mol. The summed E-state index contributed by atoms with van der Waals surface area (Å²) >= 11 is 0. The van der Waals surface area contributed by atoms with E-state index in [0.717, 1.165) is 38.9 Å². The molecule has 1 atom stereocenters. The van der Waals surface area contributed by atoms with Gasteiger partial charge in [0.15, 0.2) is 0 Å². The van der Waals surface area contributed by atoms with Crippen molar-refractivity contribution in [2.75, 3.05) is 46.8 Å². The Kier molecular flexibility index (Phi) is 5.81. The number of nitrogens with one attached hydrogen (secondary N) is 1. The van der Waals surface area contributed by atoms with E-state index >= 15 is 0 Å². The molecule has 1 spiro atoms. The summed E-state index contributed by atoms with van der Waals surface area (Å²) in [6, 6.07) is 10.2. The second-order valence-electron chi connectivity index (χ2n) is 7.60. The molecule has 142 valence electrons. The van der Waals surface area contributed by atoms with Gasteiger partial charge in [-0.25, -0.2) is 4.79 Å². The molecule has 2 saturated heterocycles. The Morgan fingerprint density at radius 2 is 1.88 bits per heavy atom. The summed E-state index contributed by atoms with van der Waals surface area (Å²) in [4.78, 5) is 30.8. The first-order valence-corrected chi connectivity index (χ1v) is 9.52. The molecule has 0 aromatic heterocycles. The Bertz CT molecular complexity index is 636. The van der Waals surface area contributed by atoms with Gasteiger partial charge in [0.05, 0.1) is 0 Å². The highest BCUT2D eigenvalue weighted by molar-refractivity contribution is 5.76. The van der Waals surface area contributed by atoms with Crippen molar-refractivity contribution in [2.24, 2.45) is 0 Å². The third kappa shape index (κ3) is 4.18. The van der Waals surface area contributed by atoms with Crippen LogP contribution in [0.1, 0.15) is 24.8 Å². The first-order valence-electron chi connectivity index (χ1n) is 9.52. The van der Waals surface area contributed by atoms with E-state index in [0.29, 0.717) is 19.5 Å². The Morgan fingerprint density at radius 3 is 2.65 bits per heavy atom. The Hall–Kier alpha value is -2.08. The van der Waals surface area contributed by atoms with Crippen LogP contribution < -0.4 is 5.32 Å². The normalized spacial score (nSPS) is 24.6. The molecule has 0 radical (unpaired) electrons. The minimum atomic E-state index is -0.0879. The first kappa shape index (κ1) is 18.7. The predicted octanol–water partition coefficient (Wildman–Crippen LogP) is 1.57. The number of amides is 3. The lowest BCUT2D eigenvalue weighted by atomic mass is 9.86. The number of urea groups is 1. The van der Waals surface area contributed by atoms with Gasteiger partial charge in [0.1, 0.15) is 0 Å². The Morgan fingerprint density at radius 1 is 1.12 bits per heavy atom. The lowest BCUT2D eigenvalue weighted by Crippen LogP contribution is -2.63. The molecule has 6 nitrogen and oxygen atoms in total. The number of hydrogen-bond donors (Lipinski definition) is 1. The molecular formula is C20H30N4O2. The SMILES string of the molecule is CN1CC[C@@]2(CCC1=O)CN(C(=O)NCCc1ccccc1)CCN2C. The van der Waals surface area contributed by atoms with Gasteiger partial charge in [0, 0.05) is 51.7 Å². The highest BCUT2D eigenvalue weighted by Gasteiger charge is 2.42. The zero-order valence-electron chi connectivity index (χ0n) is 15.9. The molecule has 2 fully saturated rings. The maximum absolute atomic E-state index is 12.7. The summed E-state index contributed by atoms with van der Waals surface area (Å²) in [6.45, 7) is 3.68. The molecule has 0 saturated carbocycles. The zero-order valence-corrected chi connectivity index (χ0v) is 15.9. The van der Waals surface area contributed by atoms with E-state index < -0.39 is 0 Å². The Labute approximate surface area is 156 Å². The van der Waals surface area contributed by atoms with Gasteiger partial charge < -0.3 is 15.1 Å². The van der Waals surface area contributed by atoms with Gasteiger partial charge in [-0.2, -0.15) is 0 Å². The van der Waals surface area contributed by atoms with Crippen LogP contribution in [0.15, 0.2) is 30.3 Å². The average Bonchev–Trinajstić information content (AvgIpc) is 2.79. The number of likely N-dealkylation sites (tertiary alicyclic amines) is 1.